The Morgan fingerprint density at radius 3 is 2.42 bits per heavy atom. The predicted molar refractivity (Wildman–Crippen MR) is 140 cm³/mol. The summed E-state index contributed by atoms with van der Waals surface area (Å²) in [5, 5.41) is 0. The molecule has 0 aliphatic carbocycles. The second-order valence-corrected chi connectivity index (χ2v) is 9.19. The molecule has 10 heteroatoms. The molecule has 1 atom stereocenters. The van der Waals surface area contributed by atoms with Crippen LogP contribution < -0.4 is 24.7 Å². The molecule has 0 saturated carbocycles. The van der Waals surface area contributed by atoms with E-state index in [9.17, 15) is 18.0 Å². The molecule has 7 nitrogen and oxygen atoms in total. The van der Waals surface area contributed by atoms with Gasteiger partial charge in [-0.1, -0.05) is 48.5 Å². The van der Waals surface area contributed by atoms with E-state index in [0.717, 1.165) is 22.3 Å². The van der Waals surface area contributed by atoms with Gasteiger partial charge in [-0.25, -0.2) is 9.79 Å². The summed E-state index contributed by atoms with van der Waals surface area (Å²) in [4.78, 5) is 16.5. The minimum absolute atomic E-state index is 0.111. The number of carbonyl (C=O) groups is 1. The Hall–Kier alpha value is -4.99. The van der Waals surface area contributed by atoms with Crippen LogP contribution in [0, 0.1) is 0 Å². The average Bonchev–Trinajstić information content (AvgIpc) is 3.55. The van der Waals surface area contributed by atoms with Gasteiger partial charge in [-0.2, -0.15) is 13.2 Å². The second-order valence-electron chi connectivity index (χ2n) is 9.19. The van der Waals surface area contributed by atoms with Crippen LogP contribution in [0.3, 0.4) is 0 Å². The molecule has 1 unspecified atom stereocenters. The molecule has 40 heavy (non-hydrogen) atoms. The van der Waals surface area contributed by atoms with Crippen LogP contribution in [0.25, 0.3) is 11.1 Å². The van der Waals surface area contributed by atoms with E-state index in [1.807, 2.05) is 60.7 Å². The molecular weight excluding hydrogens is 525 g/mol. The van der Waals surface area contributed by atoms with Gasteiger partial charge >= 0.3 is 12.1 Å². The van der Waals surface area contributed by atoms with Gasteiger partial charge in [0.25, 0.3) is 0 Å². The van der Waals surface area contributed by atoms with Crippen molar-refractivity contribution in [3.05, 3.63) is 107 Å². The normalized spacial score (nSPS) is 17.2. The number of rotatable bonds is 5. The number of ether oxygens (including phenoxy) is 4. The first-order valence-electron chi connectivity index (χ1n) is 12.1. The lowest BCUT2D eigenvalue weighted by Crippen LogP contribution is -2.28. The van der Waals surface area contributed by atoms with E-state index < -0.39 is 17.7 Å². The maximum atomic E-state index is 12.9. The first-order chi connectivity index (χ1) is 19.2. The number of alkyl halides is 3. The largest absolute Gasteiger partial charge is 0.497 e. The molecule has 2 aliphatic rings. The van der Waals surface area contributed by atoms with E-state index in [2.05, 4.69) is 4.74 Å². The molecule has 2 aliphatic heterocycles. The molecule has 2 N–H and O–H groups in total. The number of aliphatic imine (C=N–C) groups is 1. The summed E-state index contributed by atoms with van der Waals surface area (Å²) < 4.78 is 59.6. The van der Waals surface area contributed by atoms with Crippen molar-refractivity contribution in [3.8, 4) is 34.1 Å². The molecule has 0 amide bonds. The van der Waals surface area contributed by atoms with Gasteiger partial charge in [0.1, 0.15) is 22.9 Å². The number of carbonyl (C=O) groups excluding carboxylic acids is 1. The van der Waals surface area contributed by atoms with Crippen molar-refractivity contribution < 1.29 is 36.9 Å². The van der Waals surface area contributed by atoms with Gasteiger partial charge in [-0.15, -0.1) is 0 Å². The molecule has 6 rings (SSSR count). The highest BCUT2D eigenvalue weighted by Gasteiger charge is 2.44. The van der Waals surface area contributed by atoms with Crippen molar-refractivity contribution in [1.29, 1.82) is 0 Å². The van der Waals surface area contributed by atoms with Crippen LogP contribution in [0.5, 0.6) is 23.0 Å². The molecular formula is C30H21F3N2O5. The van der Waals surface area contributed by atoms with Gasteiger partial charge in [-0.05, 0) is 58.1 Å². The van der Waals surface area contributed by atoms with E-state index in [1.54, 1.807) is 12.1 Å². The molecule has 0 spiro atoms. The monoisotopic (exact) mass is 546 g/mol. The lowest BCUT2D eigenvalue weighted by atomic mass is 9.77. The molecule has 4 aromatic carbocycles. The van der Waals surface area contributed by atoms with Gasteiger partial charge in [-0.3, -0.25) is 0 Å². The Kier molecular flexibility index (Phi) is 5.90. The molecule has 202 valence electrons. The Labute approximate surface area is 226 Å². The molecule has 0 radical (unpaired) electrons. The van der Waals surface area contributed by atoms with Crippen LogP contribution in [0.1, 0.15) is 22.3 Å². The topological polar surface area (TPSA) is 92.4 Å². The number of halogens is 3. The summed E-state index contributed by atoms with van der Waals surface area (Å²) in [6, 6.07) is 24.8. The average molecular weight is 547 g/mol. The molecule has 0 aromatic heterocycles. The van der Waals surface area contributed by atoms with Crippen molar-refractivity contribution in [2.45, 2.75) is 11.7 Å². The van der Waals surface area contributed by atoms with Crippen molar-refractivity contribution in [3.63, 3.8) is 0 Å². The fourth-order valence-electron chi connectivity index (χ4n) is 5.06. The van der Waals surface area contributed by atoms with Crippen LogP contribution in [-0.4, -0.2) is 31.9 Å². The quantitative estimate of drug-likeness (QED) is 0.260. The third-order valence-electron chi connectivity index (χ3n) is 6.84. The zero-order valence-electron chi connectivity index (χ0n) is 21.0. The number of fused-ring (bicyclic) bond motifs is 2. The van der Waals surface area contributed by atoms with E-state index >= 15 is 0 Å². The van der Waals surface area contributed by atoms with E-state index in [0.29, 0.717) is 28.5 Å². The van der Waals surface area contributed by atoms with E-state index in [-0.39, 0.29) is 18.3 Å². The van der Waals surface area contributed by atoms with Crippen LogP contribution >= 0.6 is 0 Å². The number of esters is 1. The Morgan fingerprint density at radius 2 is 1.62 bits per heavy atom. The second kappa shape index (κ2) is 9.33. The fraction of sp³-hybridized carbons (Fsp3) is 0.133. The third-order valence-corrected chi connectivity index (χ3v) is 6.84. The number of nitrogens with two attached hydrogens (primary N) is 1. The summed E-state index contributed by atoms with van der Waals surface area (Å²) in [6.07, 6.45) is -5.14. The van der Waals surface area contributed by atoms with Crippen molar-refractivity contribution >= 4 is 11.8 Å². The van der Waals surface area contributed by atoms with Crippen molar-refractivity contribution in [2.75, 3.05) is 13.9 Å². The summed E-state index contributed by atoms with van der Waals surface area (Å²) in [6.45, 7) is 0.111. The van der Waals surface area contributed by atoms with Crippen LogP contribution in [0.2, 0.25) is 0 Å². The maximum absolute atomic E-state index is 12.9. The maximum Gasteiger partial charge on any atom is 0.491 e. The molecule has 0 fully saturated rings. The van der Waals surface area contributed by atoms with Gasteiger partial charge in [0.15, 0.2) is 11.5 Å². The molecule has 4 aromatic rings. The van der Waals surface area contributed by atoms with Crippen molar-refractivity contribution in [1.82, 2.24) is 0 Å². The Morgan fingerprint density at radius 1 is 0.875 bits per heavy atom. The Balaban J connectivity index is 1.51. The van der Waals surface area contributed by atoms with Crippen LogP contribution in [0.15, 0.2) is 89.9 Å². The standard InChI is InChI=1S/C30H21F3N2O5/c1-37-21-12-18(13-22(15-21)40-28(36)30(31,32)33)17-5-4-6-19(11-17)29(20-9-10-25-26(14-20)39-16-38-25)24-8-3-2-7-23(24)27(34)35-29/h2-15H,16H2,1H3,(H2,34,35). The number of hydrogen-bond donors (Lipinski definition) is 1. The Bertz CT molecular complexity index is 1680. The lowest BCUT2D eigenvalue weighted by Gasteiger charge is -2.30. The number of hydrogen-bond acceptors (Lipinski definition) is 7. The predicted octanol–water partition coefficient (Wildman–Crippen LogP) is 5.57. The summed E-state index contributed by atoms with van der Waals surface area (Å²) in [7, 11) is 1.37. The number of benzene rings is 4. The molecule has 2 heterocycles. The smallest absolute Gasteiger partial charge is 0.491 e. The summed E-state index contributed by atoms with van der Waals surface area (Å²) >= 11 is 0. The zero-order valence-corrected chi connectivity index (χ0v) is 21.0. The number of nitrogens with zero attached hydrogens (tertiary/aromatic N) is 1. The molecule has 0 saturated heterocycles. The van der Waals surface area contributed by atoms with Gasteiger partial charge < -0.3 is 24.7 Å². The van der Waals surface area contributed by atoms with Gasteiger partial charge in [0.2, 0.25) is 6.79 Å². The van der Waals surface area contributed by atoms with Gasteiger partial charge in [0.05, 0.1) is 7.11 Å². The highest BCUT2D eigenvalue weighted by molar-refractivity contribution is 6.03. The lowest BCUT2D eigenvalue weighted by molar-refractivity contribution is -0.189. The minimum Gasteiger partial charge on any atom is -0.497 e. The first kappa shape index (κ1) is 25.3. The SMILES string of the molecule is COc1cc(OC(=O)C(F)(F)F)cc(-c2cccc(C3(c4ccc5c(c4)OCO5)N=C(N)c4ccccc43)c2)c1. The van der Waals surface area contributed by atoms with E-state index in [1.165, 1.54) is 19.2 Å². The number of amidine groups is 1. The highest BCUT2D eigenvalue weighted by Crippen LogP contribution is 2.49. The van der Waals surface area contributed by atoms with Crippen LogP contribution in [0.4, 0.5) is 13.2 Å². The minimum atomic E-state index is -5.14. The molecule has 0 bridgehead atoms. The summed E-state index contributed by atoms with van der Waals surface area (Å²) in [5.41, 5.74) is 9.64. The zero-order chi connectivity index (χ0) is 28.1. The van der Waals surface area contributed by atoms with E-state index in [4.69, 9.17) is 24.9 Å². The van der Waals surface area contributed by atoms with Crippen molar-refractivity contribution in [2.24, 2.45) is 10.7 Å². The third kappa shape index (κ3) is 4.17. The fourth-order valence-corrected chi connectivity index (χ4v) is 5.06. The van der Waals surface area contributed by atoms with Crippen LogP contribution in [-0.2, 0) is 10.3 Å². The highest BCUT2D eigenvalue weighted by atomic mass is 19.4. The first-order valence-corrected chi connectivity index (χ1v) is 12.1. The van der Waals surface area contributed by atoms with Gasteiger partial charge in [0, 0.05) is 11.6 Å². The summed E-state index contributed by atoms with van der Waals surface area (Å²) in [5.74, 6) is -0.854. The number of methoxy groups -OCH3 is 1.